The smallest absolute Gasteiger partial charge is 0.338 e. The number of nitrogens with zero attached hydrogens (tertiary/aromatic N) is 5. The summed E-state index contributed by atoms with van der Waals surface area (Å²) in [5, 5.41) is 11.5. The number of esters is 1. The van der Waals surface area contributed by atoms with Gasteiger partial charge in [-0.25, -0.2) is 23.8 Å². The predicted molar refractivity (Wildman–Crippen MR) is 132 cm³/mol. The summed E-state index contributed by atoms with van der Waals surface area (Å²) in [6.07, 6.45) is 4.99. The third-order valence-electron chi connectivity index (χ3n) is 5.04. The molecule has 2 aromatic heterocycles. The number of carbonyl (C=O) groups is 2. The molecule has 0 unspecified atom stereocenters. The Kier molecular flexibility index (Phi) is 8.35. The van der Waals surface area contributed by atoms with Crippen LogP contribution in [-0.4, -0.2) is 43.4 Å². The molecule has 2 heterocycles. The number of nitrogens with one attached hydrogen (secondary N) is 1. The number of benzene rings is 2. The Morgan fingerprint density at radius 2 is 1.78 bits per heavy atom. The molecule has 0 aliphatic heterocycles. The number of thioether (sulfide) groups is 1. The van der Waals surface area contributed by atoms with E-state index >= 15 is 0 Å². The summed E-state index contributed by atoms with van der Waals surface area (Å²) in [5.74, 6) is -0.986. The quantitative estimate of drug-likeness (QED) is 0.143. The molecule has 2 aromatic carbocycles. The predicted octanol–water partition coefficient (Wildman–Crippen LogP) is 4.70. The van der Waals surface area contributed by atoms with Gasteiger partial charge in [-0.15, -0.1) is 5.10 Å². The number of aromatic nitrogens is 5. The van der Waals surface area contributed by atoms with Crippen LogP contribution in [0.2, 0.25) is 0 Å². The molecule has 36 heavy (non-hydrogen) atoms. The van der Waals surface area contributed by atoms with Gasteiger partial charge in [-0.2, -0.15) is 0 Å². The molecule has 0 saturated carbocycles. The van der Waals surface area contributed by atoms with Gasteiger partial charge in [-0.1, -0.05) is 30.3 Å². The molecule has 0 fully saturated rings. The van der Waals surface area contributed by atoms with Crippen molar-refractivity contribution in [1.29, 1.82) is 0 Å². The van der Waals surface area contributed by atoms with Crippen molar-refractivity contribution in [3.05, 3.63) is 89.8 Å². The summed E-state index contributed by atoms with van der Waals surface area (Å²) in [7, 11) is 0. The molecule has 0 radical (unpaired) electrons. The summed E-state index contributed by atoms with van der Waals surface area (Å²) < 4.78 is 20.1. The van der Waals surface area contributed by atoms with Gasteiger partial charge in [0.15, 0.2) is 10.9 Å². The van der Waals surface area contributed by atoms with Gasteiger partial charge < -0.3 is 10.1 Å². The van der Waals surface area contributed by atoms with Crippen LogP contribution >= 0.6 is 11.8 Å². The maximum Gasteiger partial charge on any atom is 0.338 e. The van der Waals surface area contributed by atoms with Crippen LogP contribution < -0.4 is 5.32 Å². The number of unbranched alkanes of at least 4 members (excludes halogenated alkanes) is 1. The van der Waals surface area contributed by atoms with Crippen molar-refractivity contribution < 1.29 is 18.7 Å². The molecular weight excluding hydrogens is 483 g/mol. The van der Waals surface area contributed by atoms with Gasteiger partial charge in [0.1, 0.15) is 5.82 Å². The second-order valence-corrected chi connectivity index (χ2v) is 8.56. The van der Waals surface area contributed by atoms with E-state index in [0.717, 1.165) is 12.8 Å². The maximum atomic E-state index is 13.4. The van der Waals surface area contributed by atoms with Crippen LogP contribution in [0.1, 0.15) is 46.3 Å². The van der Waals surface area contributed by atoms with Gasteiger partial charge >= 0.3 is 5.97 Å². The minimum atomic E-state index is -0.480. The largest absolute Gasteiger partial charge is 0.462 e. The molecule has 4 rings (SSSR count). The van der Waals surface area contributed by atoms with E-state index in [2.05, 4.69) is 25.6 Å². The molecule has 0 aliphatic carbocycles. The Bertz CT molecular complexity index is 1310. The van der Waals surface area contributed by atoms with Crippen molar-refractivity contribution in [1.82, 2.24) is 25.0 Å². The average molecular weight is 507 g/mol. The van der Waals surface area contributed by atoms with E-state index in [0.29, 0.717) is 40.1 Å². The number of hydrogen-bond acceptors (Lipinski definition) is 8. The Labute approximate surface area is 211 Å². The first-order chi connectivity index (χ1) is 17.5. The van der Waals surface area contributed by atoms with Crippen LogP contribution in [-0.2, 0) is 10.5 Å². The second-order valence-electron chi connectivity index (χ2n) is 7.61. The molecule has 1 N–H and O–H groups in total. The average Bonchev–Trinajstić information content (AvgIpc) is 3.33. The number of ether oxygens (including phenoxy) is 1. The number of halogens is 1. The topological polar surface area (TPSA) is 112 Å². The lowest BCUT2D eigenvalue weighted by Crippen LogP contribution is -2.15. The molecule has 0 aliphatic rings. The van der Waals surface area contributed by atoms with Crippen molar-refractivity contribution in [2.75, 3.05) is 11.9 Å². The van der Waals surface area contributed by atoms with Crippen molar-refractivity contribution in [2.45, 2.75) is 30.7 Å². The van der Waals surface area contributed by atoms with Gasteiger partial charge in [0.25, 0.3) is 5.91 Å². The van der Waals surface area contributed by atoms with Crippen LogP contribution in [0.4, 0.5) is 10.1 Å². The fraction of sp³-hybridized carbons (Fsp3) is 0.200. The van der Waals surface area contributed by atoms with Crippen molar-refractivity contribution >= 4 is 29.3 Å². The van der Waals surface area contributed by atoms with Crippen LogP contribution in [0.5, 0.6) is 0 Å². The van der Waals surface area contributed by atoms with Gasteiger partial charge in [0.2, 0.25) is 0 Å². The van der Waals surface area contributed by atoms with E-state index in [1.165, 1.54) is 28.6 Å². The van der Waals surface area contributed by atoms with E-state index in [9.17, 15) is 14.0 Å². The normalized spacial score (nSPS) is 10.7. The van der Waals surface area contributed by atoms with Crippen LogP contribution in [0.25, 0.3) is 5.69 Å². The first-order valence-corrected chi connectivity index (χ1v) is 12.2. The monoisotopic (exact) mass is 506 g/mol. The van der Waals surface area contributed by atoms with E-state index < -0.39 is 11.9 Å². The SMILES string of the molecule is CCCCOC(=O)c1ccc(NC(=O)c2nnn(-c3ccc(F)cc3)c2CSc2ncccn2)cc1. The Balaban J connectivity index is 1.53. The maximum absolute atomic E-state index is 13.4. The Morgan fingerprint density at radius 1 is 1.06 bits per heavy atom. The zero-order chi connectivity index (χ0) is 25.3. The molecular formula is C25H23FN6O3S. The van der Waals surface area contributed by atoms with Crippen molar-refractivity contribution in [3.8, 4) is 5.69 Å². The number of carbonyl (C=O) groups excluding carboxylic acids is 2. The van der Waals surface area contributed by atoms with E-state index in [-0.39, 0.29) is 11.5 Å². The lowest BCUT2D eigenvalue weighted by Gasteiger charge is -2.09. The minimum Gasteiger partial charge on any atom is -0.462 e. The fourth-order valence-electron chi connectivity index (χ4n) is 3.16. The summed E-state index contributed by atoms with van der Waals surface area (Å²) >= 11 is 1.31. The zero-order valence-corrected chi connectivity index (χ0v) is 20.2. The fourth-order valence-corrected chi connectivity index (χ4v) is 3.96. The van der Waals surface area contributed by atoms with Gasteiger partial charge in [-0.05, 0) is 61.0 Å². The first kappa shape index (κ1) is 25.0. The lowest BCUT2D eigenvalue weighted by atomic mass is 10.2. The molecule has 9 nitrogen and oxygen atoms in total. The van der Waals surface area contributed by atoms with Crippen molar-refractivity contribution in [2.24, 2.45) is 0 Å². The first-order valence-electron chi connectivity index (χ1n) is 11.2. The molecule has 0 saturated heterocycles. The second kappa shape index (κ2) is 12.0. The molecule has 4 aromatic rings. The zero-order valence-electron chi connectivity index (χ0n) is 19.4. The Hall–Kier alpha value is -4.12. The van der Waals surface area contributed by atoms with Gasteiger partial charge in [-0.3, -0.25) is 4.79 Å². The standard InChI is InChI=1S/C25H23FN6O3S/c1-2-3-15-35-24(34)17-5-9-19(10-6-17)29-23(33)22-21(16-36-25-27-13-4-14-28-25)32(31-30-22)20-11-7-18(26)8-12-20/h4-14H,2-3,15-16H2,1H3,(H,29,33). The van der Waals surface area contributed by atoms with E-state index in [4.69, 9.17) is 4.74 Å². The summed E-state index contributed by atoms with van der Waals surface area (Å²) in [6.45, 7) is 2.38. The molecule has 0 spiro atoms. The van der Waals surface area contributed by atoms with Crippen molar-refractivity contribution in [3.63, 3.8) is 0 Å². The molecule has 11 heteroatoms. The third-order valence-corrected chi connectivity index (χ3v) is 5.93. The molecule has 0 bridgehead atoms. The Morgan fingerprint density at radius 3 is 2.47 bits per heavy atom. The van der Waals surface area contributed by atoms with Crippen LogP contribution in [0, 0.1) is 5.82 Å². The lowest BCUT2D eigenvalue weighted by molar-refractivity contribution is 0.0499. The number of hydrogen-bond donors (Lipinski definition) is 1. The highest BCUT2D eigenvalue weighted by Crippen LogP contribution is 2.24. The molecule has 1 amide bonds. The van der Waals surface area contributed by atoms with E-state index in [1.807, 2.05) is 6.92 Å². The number of rotatable bonds is 10. The summed E-state index contributed by atoms with van der Waals surface area (Å²) in [4.78, 5) is 33.6. The van der Waals surface area contributed by atoms with E-state index in [1.54, 1.807) is 54.9 Å². The van der Waals surface area contributed by atoms with Gasteiger partial charge in [0.05, 0.1) is 23.6 Å². The highest BCUT2D eigenvalue weighted by molar-refractivity contribution is 7.98. The van der Waals surface area contributed by atoms with Gasteiger partial charge in [0, 0.05) is 23.8 Å². The highest BCUT2D eigenvalue weighted by Gasteiger charge is 2.22. The third kappa shape index (κ3) is 6.30. The molecule has 0 atom stereocenters. The number of anilines is 1. The minimum absolute atomic E-state index is 0.103. The summed E-state index contributed by atoms with van der Waals surface area (Å²) in [5.41, 5.74) is 2.02. The van der Waals surface area contributed by atoms with Crippen LogP contribution in [0.15, 0.2) is 72.1 Å². The summed E-state index contributed by atoms with van der Waals surface area (Å²) in [6, 6.07) is 13.8. The van der Waals surface area contributed by atoms with Crippen LogP contribution in [0.3, 0.4) is 0 Å². The number of amides is 1. The molecule has 184 valence electrons. The highest BCUT2D eigenvalue weighted by atomic mass is 32.2.